The minimum Gasteiger partial charge on any atom is -0.744 e. The second-order valence-corrected chi connectivity index (χ2v) is 2.22. The molecular formula is C3H5O3S-. The van der Waals surface area contributed by atoms with E-state index in [0.717, 1.165) is 0 Å². The van der Waals surface area contributed by atoms with Gasteiger partial charge in [0.15, 0.2) is 0 Å². The van der Waals surface area contributed by atoms with Crippen LogP contribution in [0.5, 0.6) is 0 Å². The summed E-state index contributed by atoms with van der Waals surface area (Å²) >= 11 is 0. The van der Waals surface area contributed by atoms with E-state index in [-0.39, 0.29) is 0 Å². The van der Waals surface area contributed by atoms with Crippen LogP contribution in [0.4, 0.5) is 0 Å². The third-order valence-corrected chi connectivity index (χ3v) is 0.908. The zero-order valence-electron chi connectivity index (χ0n) is 3.79. The van der Waals surface area contributed by atoms with Crippen LogP contribution in [0.25, 0.3) is 0 Å². The molecule has 0 aliphatic heterocycles. The Labute approximate surface area is 42.4 Å². The molecule has 0 spiro atoms. The summed E-state index contributed by atoms with van der Waals surface area (Å²) in [6, 6.07) is 0. The zero-order chi connectivity index (χ0) is 5.91. The molecule has 7 heavy (non-hydrogen) atoms. The van der Waals surface area contributed by atoms with Crippen molar-refractivity contribution in [2.24, 2.45) is 0 Å². The Balaban J connectivity index is 4.13. The fraction of sp³-hybridized carbons (Fsp3) is 0.333. The van der Waals surface area contributed by atoms with Gasteiger partial charge in [0.05, 0.1) is 0 Å². The van der Waals surface area contributed by atoms with E-state index in [0.29, 0.717) is 5.41 Å². The van der Waals surface area contributed by atoms with Gasteiger partial charge in [0.1, 0.15) is 10.1 Å². The number of hydrogen-bond donors (Lipinski definition) is 0. The monoisotopic (exact) mass is 121 g/mol. The van der Waals surface area contributed by atoms with Gasteiger partial charge in [0.25, 0.3) is 0 Å². The Morgan fingerprint density at radius 2 is 2.00 bits per heavy atom. The van der Waals surface area contributed by atoms with E-state index < -0.39 is 10.1 Å². The highest BCUT2D eigenvalue weighted by molar-refractivity contribution is 7.88. The lowest BCUT2D eigenvalue weighted by atomic mass is 10.8. The number of hydrogen-bond acceptors (Lipinski definition) is 3. The third kappa shape index (κ3) is 5.65. The van der Waals surface area contributed by atoms with E-state index in [9.17, 15) is 13.0 Å². The summed E-state index contributed by atoms with van der Waals surface area (Å²) in [6.07, 6.45) is 1.18. The highest BCUT2D eigenvalue weighted by Crippen LogP contribution is 1.80. The number of rotatable bonds is 1. The van der Waals surface area contributed by atoms with Crippen LogP contribution in [0.3, 0.4) is 0 Å². The lowest BCUT2D eigenvalue weighted by molar-refractivity contribution is 0.474. The lowest BCUT2D eigenvalue weighted by Gasteiger charge is -1.94. The summed E-state index contributed by atoms with van der Waals surface area (Å²) in [4.78, 5) is 0. The van der Waals surface area contributed by atoms with Crippen molar-refractivity contribution < 1.29 is 13.0 Å². The van der Waals surface area contributed by atoms with Gasteiger partial charge >= 0.3 is 0 Å². The zero-order valence-corrected chi connectivity index (χ0v) is 4.60. The Kier molecular flexibility index (Phi) is 1.98. The van der Waals surface area contributed by atoms with Gasteiger partial charge in [-0.1, -0.05) is 6.08 Å². The molecule has 0 saturated heterocycles. The normalized spacial score (nSPS) is 12.9. The van der Waals surface area contributed by atoms with Gasteiger partial charge in [-0.05, 0) is 6.92 Å². The van der Waals surface area contributed by atoms with Crippen LogP contribution in [0, 0.1) is 0 Å². The van der Waals surface area contributed by atoms with Crippen molar-refractivity contribution in [1.29, 1.82) is 0 Å². The van der Waals surface area contributed by atoms with Crippen LogP contribution in [0.1, 0.15) is 6.92 Å². The van der Waals surface area contributed by atoms with Gasteiger partial charge in [0.2, 0.25) is 0 Å². The van der Waals surface area contributed by atoms with E-state index in [2.05, 4.69) is 0 Å². The highest BCUT2D eigenvalue weighted by atomic mass is 32.2. The van der Waals surface area contributed by atoms with Gasteiger partial charge in [-0.15, -0.1) is 0 Å². The topological polar surface area (TPSA) is 57.2 Å². The molecule has 0 aromatic heterocycles. The molecule has 4 heteroatoms. The Morgan fingerprint density at radius 1 is 1.57 bits per heavy atom. The molecule has 0 N–H and O–H groups in total. The second-order valence-electron chi connectivity index (χ2n) is 0.962. The average Bonchev–Trinajstić information content (AvgIpc) is 1.30. The predicted octanol–water partition coefficient (Wildman–Crippen LogP) is 0.0652. The molecule has 0 fully saturated rings. The molecule has 3 nitrogen and oxygen atoms in total. The lowest BCUT2D eigenvalue weighted by Crippen LogP contribution is -1.88. The largest absolute Gasteiger partial charge is 0.744 e. The first-order valence-corrected chi connectivity index (χ1v) is 3.12. The summed E-state index contributed by atoms with van der Waals surface area (Å²) in [7, 11) is -4.10. The van der Waals surface area contributed by atoms with Gasteiger partial charge in [-0.2, -0.15) is 0 Å². The van der Waals surface area contributed by atoms with Gasteiger partial charge < -0.3 is 4.55 Å². The SMILES string of the molecule is CC=CS(=O)(=O)[O-]. The molecule has 0 bridgehead atoms. The Hall–Kier alpha value is -0.350. The minimum absolute atomic E-state index is 0.604. The molecule has 0 aliphatic carbocycles. The van der Waals surface area contributed by atoms with Crippen molar-refractivity contribution in [3.05, 3.63) is 11.5 Å². The minimum atomic E-state index is -4.10. The first-order valence-electron chi connectivity index (χ1n) is 1.65. The molecule has 0 aromatic carbocycles. The first kappa shape index (κ1) is 6.65. The average molecular weight is 121 g/mol. The molecule has 0 amide bonds. The molecule has 42 valence electrons. The number of allylic oxidation sites excluding steroid dienone is 1. The summed E-state index contributed by atoms with van der Waals surface area (Å²) in [5, 5.41) is 0.604. The first-order chi connectivity index (χ1) is 3.06. The van der Waals surface area contributed by atoms with Gasteiger partial charge in [-0.3, -0.25) is 0 Å². The van der Waals surface area contributed by atoms with Crippen LogP contribution in [-0.4, -0.2) is 13.0 Å². The fourth-order valence-electron chi connectivity index (χ4n) is 0.167. The van der Waals surface area contributed by atoms with E-state index in [1.807, 2.05) is 0 Å². The molecule has 0 aromatic rings. The maximum absolute atomic E-state index is 9.59. The summed E-state index contributed by atoms with van der Waals surface area (Å²) in [6.45, 7) is 1.47. The standard InChI is InChI=1S/C3H6O3S/c1-2-3-7(4,5)6/h2-3H,1H3,(H,4,5,6)/p-1. The Morgan fingerprint density at radius 3 is 2.00 bits per heavy atom. The summed E-state index contributed by atoms with van der Waals surface area (Å²) in [5.74, 6) is 0. The van der Waals surface area contributed by atoms with Crippen molar-refractivity contribution >= 4 is 10.1 Å². The van der Waals surface area contributed by atoms with Crippen molar-refractivity contribution in [2.45, 2.75) is 6.92 Å². The highest BCUT2D eigenvalue weighted by Gasteiger charge is 1.76. The van der Waals surface area contributed by atoms with Crippen molar-refractivity contribution in [1.82, 2.24) is 0 Å². The van der Waals surface area contributed by atoms with Crippen LogP contribution in [0.2, 0.25) is 0 Å². The molecule has 0 heterocycles. The summed E-state index contributed by atoms with van der Waals surface area (Å²) < 4.78 is 28.8. The van der Waals surface area contributed by atoms with E-state index in [1.54, 1.807) is 0 Å². The van der Waals surface area contributed by atoms with Crippen molar-refractivity contribution in [2.75, 3.05) is 0 Å². The molecule has 0 atom stereocenters. The van der Waals surface area contributed by atoms with Crippen molar-refractivity contribution in [3.63, 3.8) is 0 Å². The van der Waals surface area contributed by atoms with Gasteiger partial charge in [0, 0.05) is 5.41 Å². The summed E-state index contributed by atoms with van der Waals surface area (Å²) in [5.41, 5.74) is 0. The molecule has 0 saturated carbocycles. The van der Waals surface area contributed by atoms with Crippen LogP contribution >= 0.6 is 0 Å². The van der Waals surface area contributed by atoms with E-state index >= 15 is 0 Å². The quantitative estimate of drug-likeness (QED) is 0.461. The van der Waals surface area contributed by atoms with Crippen LogP contribution < -0.4 is 0 Å². The molecule has 0 rings (SSSR count). The smallest absolute Gasteiger partial charge is 0.117 e. The Bertz CT molecular complexity index is 153. The second kappa shape index (κ2) is 2.09. The van der Waals surface area contributed by atoms with E-state index in [4.69, 9.17) is 0 Å². The van der Waals surface area contributed by atoms with Crippen LogP contribution in [-0.2, 0) is 10.1 Å². The molecular weight excluding hydrogens is 116 g/mol. The predicted molar refractivity (Wildman–Crippen MR) is 24.5 cm³/mol. The maximum Gasteiger partial charge on any atom is 0.117 e. The molecule has 0 aliphatic rings. The van der Waals surface area contributed by atoms with Crippen molar-refractivity contribution in [3.8, 4) is 0 Å². The third-order valence-electron chi connectivity index (χ3n) is 0.303. The van der Waals surface area contributed by atoms with E-state index in [1.165, 1.54) is 13.0 Å². The maximum atomic E-state index is 9.59. The van der Waals surface area contributed by atoms with Gasteiger partial charge in [-0.25, -0.2) is 8.42 Å². The molecule has 0 unspecified atom stereocenters. The van der Waals surface area contributed by atoms with Crippen LogP contribution in [0.15, 0.2) is 11.5 Å². The fourth-order valence-corrected chi connectivity index (χ4v) is 0.500. The molecule has 0 radical (unpaired) electrons.